The second-order valence-electron chi connectivity index (χ2n) is 5.14. The molecule has 0 radical (unpaired) electrons. The fourth-order valence-corrected chi connectivity index (χ4v) is 2.39. The standard InChI is InChI=1S/C12H23N3O3/c1-10(16)7-12(18)14-4-6-15(5-3-13-2)8-11(17)9-15/h11,13,17H,3-9H2,1-2H3/p+1. The number of nitrogens with one attached hydrogen (secondary N) is 2. The van der Waals surface area contributed by atoms with E-state index < -0.39 is 0 Å². The summed E-state index contributed by atoms with van der Waals surface area (Å²) in [6.07, 6.45) is -0.256. The summed E-state index contributed by atoms with van der Waals surface area (Å²) in [5.74, 6) is -0.332. The van der Waals surface area contributed by atoms with Crippen molar-refractivity contribution < 1.29 is 19.2 Å². The number of carbonyl (C=O) groups excluding carboxylic acids is 2. The number of Topliss-reactive ketones (excluding diaryl/α,β-unsaturated/α-hetero) is 1. The zero-order chi connectivity index (χ0) is 13.6. The van der Waals surface area contributed by atoms with Crippen molar-refractivity contribution in [2.75, 3.05) is 46.3 Å². The lowest BCUT2D eigenvalue weighted by Gasteiger charge is -2.48. The van der Waals surface area contributed by atoms with Crippen molar-refractivity contribution in [1.82, 2.24) is 10.6 Å². The maximum Gasteiger partial charge on any atom is 0.227 e. The largest absolute Gasteiger partial charge is 0.382 e. The Kier molecular flexibility index (Phi) is 5.71. The van der Waals surface area contributed by atoms with Gasteiger partial charge in [-0.1, -0.05) is 0 Å². The number of nitrogens with zero attached hydrogens (tertiary/aromatic N) is 1. The lowest BCUT2D eigenvalue weighted by Crippen LogP contribution is -2.69. The van der Waals surface area contributed by atoms with Crippen LogP contribution in [0.5, 0.6) is 0 Å². The maximum atomic E-state index is 11.3. The molecule has 1 rings (SSSR count). The van der Waals surface area contributed by atoms with Crippen molar-refractivity contribution in [2.24, 2.45) is 0 Å². The van der Waals surface area contributed by atoms with Crippen molar-refractivity contribution in [3.63, 3.8) is 0 Å². The van der Waals surface area contributed by atoms with Crippen molar-refractivity contribution in [3.05, 3.63) is 0 Å². The maximum absolute atomic E-state index is 11.3. The van der Waals surface area contributed by atoms with Crippen LogP contribution in [-0.2, 0) is 9.59 Å². The summed E-state index contributed by atoms with van der Waals surface area (Å²) in [6.45, 7) is 6.13. The Morgan fingerprint density at radius 1 is 1.28 bits per heavy atom. The first-order valence-corrected chi connectivity index (χ1v) is 6.41. The van der Waals surface area contributed by atoms with Crippen molar-refractivity contribution in [3.8, 4) is 0 Å². The van der Waals surface area contributed by atoms with Crippen LogP contribution in [-0.4, -0.2) is 73.7 Å². The average Bonchev–Trinajstić information content (AvgIpc) is 2.22. The number of amides is 1. The third-order valence-electron chi connectivity index (χ3n) is 3.35. The number of hydrogen-bond donors (Lipinski definition) is 3. The van der Waals surface area contributed by atoms with Gasteiger partial charge in [0.15, 0.2) is 6.10 Å². The Labute approximate surface area is 108 Å². The van der Waals surface area contributed by atoms with Gasteiger partial charge >= 0.3 is 0 Å². The average molecular weight is 258 g/mol. The molecule has 0 aromatic rings. The van der Waals surface area contributed by atoms with Crippen LogP contribution >= 0.6 is 0 Å². The van der Waals surface area contributed by atoms with Crippen LogP contribution in [0.1, 0.15) is 13.3 Å². The minimum Gasteiger partial charge on any atom is -0.382 e. The zero-order valence-electron chi connectivity index (χ0n) is 11.2. The minimum absolute atomic E-state index is 0.0425. The van der Waals surface area contributed by atoms with Crippen molar-refractivity contribution >= 4 is 11.7 Å². The molecule has 6 heteroatoms. The van der Waals surface area contributed by atoms with Crippen LogP contribution in [0.3, 0.4) is 0 Å². The molecule has 1 heterocycles. The van der Waals surface area contributed by atoms with Gasteiger partial charge in [0.1, 0.15) is 18.9 Å². The van der Waals surface area contributed by atoms with Gasteiger partial charge in [-0.25, -0.2) is 0 Å². The van der Waals surface area contributed by atoms with E-state index in [2.05, 4.69) is 10.6 Å². The Morgan fingerprint density at radius 2 is 1.89 bits per heavy atom. The number of rotatable bonds is 8. The Bertz CT molecular complexity index is 301. The number of carbonyl (C=O) groups is 2. The van der Waals surface area contributed by atoms with Gasteiger partial charge in [-0.3, -0.25) is 9.59 Å². The number of quaternary nitrogens is 1. The van der Waals surface area contributed by atoms with E-state index >= 15 is 0 Å². The summed E-state index contributed by atoms with van der Waals surface area (Å²) in [5.41, 5.74) is 0. The number of aliphatic hydroxyl groups is 1. The molecule has 0 atom stereocenters. The van der Waals surface area contributed by atoms with Gasteiger partial charge in [-0.15, -0.1) is 0 Å². The van der Waals surface area contributed by atoms with E-state index in [0.717, 1.165) is 37.2 Å². The van der Waals surface area contributed by atoms with Gasteiger partial charge in [0, 0.05) is 6.54 Å². The fourth-order valence-electron chi connectivity index (χ4n) is 2.39. The van der Waals surface area contributed by atoms with Crippen molar-refractivity contribution in [2.45, 2.75) is 19.4 Å². The molecule has 1 fully saturated rings. The van der Waals surface area contributed by atoms with E-state index in [4.69, 9.17) is 0 Å². The van der Waals surface area contributed by atoms with Crippen LogP contribution in [0.2, 0.25) is 0 Å². The minimum atomic E-state index is -0.213. The molecule has 1 saturated heterocycles. The van der Waals surface area contributed by atoms with Crippen LogP contribution in [0, 0.1) is 0 Å². The van der Waals surface area contributed by atoms with Crippen LogP contribution < -0.4 is 10.6 Å². The van der Waals surface area contributed by atoms with E-state index in [9.17, 15) is 14.7 Å². The summed E-state index contributed by atoms with van der Waals surface area (Å²) in [5, 5.41) is 15.3. The highest BCUT2D eigenvalue weighted by atomic mass is 16.3. The lowest BCUT2D eigenvalue weighted by atomic mass is 10.1. The Balaban J connectivity index is 2.26. The van der Waals surface area contributed by atoms with E-state index in [1.165, 1.54) is 6.92 Å². The first kappa shape index (κ1) is 15.1. The fraction of sp³-hybridized carbons (Fsp3) is 0.833. The molecule has 0 saturated carbocycles. The van der Waals surface area contributed by atoms with Crippen molar-refractivity contribution in [1.29, 1.82) is 0 Å². The van der Waals surface area contributed by atoms with E-state index in [1.807, 2.05) is 7.05 Å². The van der Waals surface area contributed by atoms with Crippen LogP contribution in [0.4, 0.5) is 0 Å². The van der Waals surface area contributed by atoms with Crippen LogP contribution in [0.25, 0.3) is 0 Å². The molecule has 104 valence electrons. The van der Waals surface area contributed by atoms with E-state index in [-0.39, 0.29) is 24.2 Å². The van der Waals surface area contributed by atoms with Gasteiger partial charge in [0.25, 0.3) is 0 Å². The molecular formula is C12H24N3O3+. The SMILES string of the molecule is CNCC[N+]1(CCNC(=O)CC(C)=O)CC(O)C1. The van der Waals surface area contributed by atoms with E-state index in [0.29, 0.717) is 6.54 Å². The quantitative estimate of drug-likeness (QED) is 0.365. The number of hydrogen-bond acceptors (Lipinski definition) is 4. The molecule has 0 bridgehead atoms. The topological polar surface area (TPSA) is 78.4 Å². The second-order valence-corrected chi connectivity index (χ2v) is 5.14. The summed E-state index contributed by atoms with van der Waals surface area (Å²) in [6, 6.07) is 0. The molecule has 1 aliphatic heterocycles. The van der Waals surface area contributed by atoms with Gasteiger partial charge < -0.3 is 20.2 Å². The van der Waals surface area contributed by atoms with Gasteiger partial charge in [-0.2, -0.15) is 0 Å². The van der Waals surface area contributed by atoms with Gasteiger partial charge in [0.2, 0.25) is 5.91 Å². The number of ketones is 1. The van der Waals surface area contributed by atoms with Crippen LogP contribution in [0.15, 0.2) is 0 Å². The summed E-state index contributed by atoms with van der Waals surface area (Å²) >= 11 is 0. The second kappa shape index (κ2) is 6.82. The van der Waals surface area contributed by atoms with Gasteiger partial charge in [0.05, 0.1) is 26.1 Å². The highest BCUT2D eigenvalue weighted by Gasteiger charge is 2.42. The molecule has 6 nitrogen and oxygen atoms in total. The molecule has 1 aliphatic rings. The molecule has 0 unspecified atom stereocenters. The molecule has 0 aromatic heterocycles. The van der Waals surface area contributed by atoms with E-state index in [1.54, 1.807) is 0 Å². The first-order valence-electron chi connectivity index (χ1n) is 6.41. The highest BCUT2D eigenvalue weighted by Crippen LogP contribution is 2.19. The Morgan fingerprint density at radius 3 is 2.39 bits per heavy atom. The molecule has 0 aromatic carbocycles. The first-order chi connectivity index (χ1) is 8.47. The molecule has 3 N–H and O–H groups in total. The molecule has 0 spiro atoms. The molecule has 18 heavy (non-hydrogen) atoms. The number of aliphatic hydroxyl groups excluding tert-OH is 1. The molecule has 1 amide bonds. The normalized spacial score (nSPS) is 26.5. The predicted molar refractivity (Wildman–Crippen MR) is 68.0 cm³/mol. The highest BCUT2D eigenvalue weighted by molar-refractivity contribution is 5.96. The summed E-state index contributed by atoms with van der Waals surface area (Å²) in [4.78, 5) is 22.1. The zero-order valence-corrected chi connectivity index (χ0v) is 11.2. The molecule has 0 aliphatic carbocycles. The predicted octanol–water partition coefficient (Wildman–Crippen LogP) is -1.51. The monoisotopic (exact) mass is 258 g/mol. The smallest absolute Gasteiger partial charge is 0.227 e. The molecular weight excluding hydrogens is 234 g/mol. The third-order valence-corrected chi connectivity index (χ3v) is 3.35. The summed E-state index contributed by atoms with van der Waals surface area (Å²) in [7, 11) is 1.90. The summed E-state index contributed by atoms with van der Waals surface area (Å²) < 4.78 is 0.836. The van der Waals surface area contributed by atoms with Gasteiger partial charge in [-0.05, 0) is 14.0 Å². The number of likely N-dealkylation sites (tertiary alicyclic amines) is 1. The number of likely N-dealkylation sites (N-methyl/N-ethyl adjacent to an activating group) is 1. The lowest BCUT2D eigenvalue weighted by molar-refractivity contribution is -0.970. The Hall–Kier alpha value is -0.980. The third kappa shape index (κ3) is 4.72.